The van der Waals surface area contributed by atoms with E-state index >= 15 is 0 Å². The van der Waals surface area contributed by atoms with Crippen LogP contribution in [0.4, 0.5) is 0 Å². The molecule has 2 aliphatic rings. The smallest absolute Gasteiger partial charge is 0.262 e. The summed E-state index contributed by atoms with van der Waals surface area (Å²) in [4.78, 5) is 40.6. The Morgan fingerprint density at radius 3 is 2.12 bits per heavy atom. The lowest BCUT2D eigenvalue weighted by Gasteiger charge is -2.39. The molecule has 0 aliphatic carbocycles. The van der Waals surface area contributed by atoms with Gasteiger partial charge in [-0.3, -0.25) is 19.3 Å². The molecule has 1 saturated heterocycles. The van der Waals surface area contributed by atoms with Crippen molar-refractivity contribution in [3.63, 3.8) is 0 Å². The number of carbonyl (C=O) groups is 3. The highest BCUT2D eigenvalue weighted by molar-refractivity contribution is 6.22. The zero-order valence-electron chi connectivity index (χ0n) is 19.3. The summed E-state index contributed by atoms with van der Waals surface area (Å²) in [6.07, 6.45) is 1.53. The van der Waals surface area contributed by atoms with Gasteiger partial charge in [0.25, 0.3) is 11.8 Å². The fourth-order valence-corrected chi connectivity index (χ4v) is 4.81. The van der Waals surface area contributed by atoms with Crippen LogP contribution in [0.2, 0.25) is 0 Å². The molecule has 33 heavy (non-hydrogen) atoms. The first-order valence-corrected chi connectivity index (χ1v) is 11.3. The minimum atomic E-state index is -0.884. The number of rotatable bonds is 7. The Hall–Kier alpha value is -3.19. The van der Waals surface area contributed by atoms with Crippen LogP contribution in [0, 0.1) is 5.92 Å². The molecule has 1 atom stereocenters. The van der Waals surface area contributed by atoms with E-state index in [0.29, 0.717) is 30.9 Å². The highest BCUT2D eigenvalue weighted by Crippen LogP contribution is 2.35. The van der Waals surface area contributed by atoms with E-state index < -0.39 is 17.9 Å². The highest BCUT2D eigenvalue weighted by Gasteiger charge is 2.44. The molecule has 1 N–H and O–H groups in total. The van der Waals surface area contributed by atoms with E-state index in [2.05, 4.69) is 5.32 Å². The molecular formula is C26H30N2O5. The van der Waals surface area contributed by atoms with Crippen LogP contribution >= 0.6 is 0 Å². The molecule has 2 aromatic carbocycles. The Labute approximate surface area is 194 Å². The quantitative estimate of drug-likeness (QED) is 0.655. The summed E-state index contributed by atoms with van der Waals surface area (Å²) < 4.78 is 10.9. The Morgan fingerprint density at radius 2 is 1.61 bits per heavy atom. The molecule has 2 heterocycles. The van der Waals surface area contributed by atoms with Crippen LogP contribution in [-0.2, 0) is 14.9 Å². The van der Waals surface area contributed by atoms with Crippen molar-refractivity contribution in [3.05, 3.63) is 65.2 Å². The number of amides is 3. The molecule has 3 amide bonds. The van der Waals surface area contributed by atoms with Crippen LogP contribution < -0.4 is 10.1 Å². The van der Waals surface area contributed by atoms with Gasteiger partial charge < -0.3 is 14.8 Å². The molecule has 1 fully saturated rings. The van der Waals surface area contributed by atoms with E-state index in [4.69, 9.17) is 9.47 Å². The zero-order chi connectivity index (χ0) is 23.6. The maximum absolute atomic E-state index is 13.4. The first-order chi connectivity index (χ1) is 15.9. The zero-order valence-corrected chi connectivity index (χ0v) is 19.3. The van der Waals surface area contributed by atoms with Crippen molar-refractivity contribution in [2.45, 2.75) is 38.1 Å². The Bertz CT molecular complexity index is 1010. The number of nitrogens with one attached hydrogen (secondary N) is 1. The summed E-state index contributed by atoms with van der Waals surface area (Å²) in [7, 11) is 1.63. The van der Waals surface area contributed by atoms with Gasteiger partial charge in [0.05, 0.1) is 18.2 Å². The average molecular weight is 451 g/mol. The van der Waals surface area contributed by atoms with E-state index in [9.17, 15) is 14.4 Å². The predicted octanol–water partition coefficient (Wildman–Crippen LogP) is 3.18. The Morgan fingerprint density at radius 1 is 1.03 bits per heavy atom. The predicted molar refractivity (Wildman–Crippen MR) is 123 cm³/mol. The molecule has 2 aromatic rings. The number of methoxy groups -OCH3 is 1. The SMILES string of the molecule is COc1ccc(C2(CNC(=O)C(C(C)C)N3C(=O)c4ccccc4C3=O)CCOCC2)cc1. The van der Waals surface area contributed by atoms with Gasteiger partial charge in [0, 0.05) is 25.2 Å². The fourth-order valence-electron chi connectivity index (χ4n) is 4.81. The van der Waals surface area contributed by atoms with Crippen LogP contribution in [0.5, 0.6) is 5.75 Å². The number of nitrogens with zero attached hydrogens (tertiary/aromatic N) is 1. The topological polar surface area (TPSA) is 84.9 Å². The maximum atomic E-state index is 13.4. The van der Waals surface area contributed by atoms with Crippen molar-refractivity contribution in [2.75, 3.05) is 26.9 Å². The van der Waals surface area contributed by atoms with E-state index in [-0.39, 0.29) is 17.2 Å². The maximum Gasteiger partial charge on any atom is 0.262 e. The van der Waals surface area contributed by atoms with Crippen LogP contribution in [0.25, 0.3) is 0 Å². The van der Waals surface area contributed by atoms with Crippen LogP contribution in [0.15, 0.2) is 48.5 Å². The lowest BCUT2D eigenvalue weighted by Crippen LogP contribution is -2.54. The lowest BCUT2D eigenvalue weighted by atomic mass is 9.74. The number of fused-ring (bicyclic) bond motifs is 1. The molecule has 1 unspecified atom stereocenters. The third kappa shape index (κ3) is 4.25. The summed E-state index contributed by atoms with van der Waals surface area (Å²) in [5.41, 5.74) is 1.51. The second-order valence-corrected chi connectivity index (χ2v) is 9.05. The van der Waals surface area contributed by atoms with Crippen LogP contribution in [0.3, 0.4) is 0 Å². The van der Waals surface area contributed by atoms with E-state index in [0.717, 1.165) is 29.1 Å². The Kier molecular flexibility index (Phi) is 6.51. The summed E-state index contributed by atoms with van der Waals surface area (Å²) in [5, 5.41) is 3.07. The van der Waals surface area contributed by atoms with Crippen molar-refractivity contribution in [1.82, 2.24) is 10.2 Å². The molecule has 0 spiro atoms. The van der Waals surface area contributed by atoms with E-state index in [1.807, 2.05) is 38.1 Å². The van der Waals surface area contributed by atoms with Crippen molar-refractivity contribution >= 4 is 17.7 Å². The van der Waals surface area contributed by atoms with Gasteiger partial charge in [-0.15, -0.1) is 0 Å². The molecule has 0 saturated carbocycles. The Balaban J connectivity index is 1.56. The first kappa shape index (κ1) is 23.0. The number of carbonyl (C=O) groups excluding carboxylic acids is 3. The standard InChI is InChI=1S/C26H30N2O5/c1-17(2)22(28-24(30)20-6-4-5-7-21(20)25(28)31)23(29)27-16-26(12-14-33-15-13-26)18-8-10-19(32-3)11-9-18/h4-11,17,22H,12-16H2,1-3H3,(H,27,29). The third-order valence-electron chi connectivity index (χ3n) is 6.76. The second-order valence-electron chi connectivity index (χ2n) is 9.05. The minimum absolute atomic E-state index is 0.237. The summed E-state index contributed by atoms with van der Waals surface area (Å²) in [6, 6.07) is 13.7. The number of hydrogen-bond acceptors (Lipinski definition) is 5. The molecule has 7 heteroatoms. The number of imide groups is 1. The number of hydrogen-bond donors (Lipinski definition) is 1. The summed E-state index contributed by atoms with van der Waals surface area (Å²) >= 11 is 0. The van der Waals surface area contributed by atoms with E-state index in [1.54, 1.807) is 31.4 Å². The van der Waals surface area contributed by atoms with Crippen molar-refractivity contribution in [1.29, 1.82) is 0 Å². The minimum Gasteiger partial charge on any atom is -0.497 e. The number of benzene rings is 2. The third-order valence-corrected chi connectivity index (χ3v) is 6.76. The molecule has 174 valence electrons. The van der Waals surface area contributed by atoms with Gasteiger partial charge in [-0.05, 0) is 48.6 Å². The van der Waals surface area contributed by atoms with Gasteiger partial charge in [-0.25, -0.2) is 0 Å². The summed E-state index contributed by atoms with van der Waals surface area (Å²) in [6.45, 7) is 5.30. The number of ether oxygens (including phenoxy) is 2. The molecule has 7 nitrogen and oxygen atoms in total. The molecule has 0 aromatic heterocycles. The molecule has 0 bridgehead atoms. The van der Waals surface area contributed by atoms with Gasteiger partial charge in [0.2, 0.25) is 5.91 Å². The molecule has 2 aliphatic heterocycles. The van der Waals surface area contributed by atoms with Crippen LogP contribution in [0.1, 0.15) is 53.0 Å². The van der Waals surface area contributed by atoms with Crippen molar-refractivity contribution in [3.8, 4) is 5.75 Å². The molecule has 4 rings (SSSR count). The van der Waals surface area contributed by atoms with Gasteiger partial charge in [-0.1, -0.05) is 38.1 Å². The monoisotopic (exact) mass is 450 g/mol. The average Bonchev–Trinajstić information content (AvgIpc) is 3.09. The second kappa shape index (κ2) is 9.35. The van der Waals surface area contributed by atoms with Crippen LogP contribution in [-0.4, -0.2) is 55.5 Å². The summed E-state index contributed by atoms with van der Waals surface area (Å²) in [5.74, 6) is -0.617. The first-order valence-electron chi connectivity index (χ1n) is 11.3. The van der Waals surface area contributed by atoms with Crippen molar-refractivity contribution < 1.29 is 23.9 Å². The van der Waals surface area contributed by atoms with Gasteiger partial charge in [0.1, 0.15) is 11.8 Å². The normalized spacial score (nSPS) is 18.2. The van der Waals surface area contributed by atoms with Crippen molar-refractivity contribution in [2.24, 2.45) is 5.92 Å². The molecular weight excluding hydrogens is 420 g/mol. The fraction of sp³-hybridized carbons (Fsp3) is 0.423. The van der Waals surface area contributed by atoms with E-state index in [1.165, 1.54) is 0 Å². The lowest BCUT2D eigenvalue weighted by molar-refractivity contribution is -0.126. The van der Waals surface area contributed by atoms with Gasteiger partial charge in [-0.2, -0.15) is 0 Å². The van der Waals surface area contributed by atoms with Gasteiger partial charge >= 0.3 is 0 Å². The molecule has 0 radical (unpaired) electrons. The van der Waals surface area contributed by atoms with Gasteiger partial charge in [0.15, 0.2) is 0 Å². The highest BCUT2D eigenvalue weighted by atomic mass is 16.5. The largest absolute Gasteiger partial charge is 0.497 e.